The molecule has 0 unspecified atom stereocenters. The molecule has 2 rings (SSSR count). The van der Waals surface area contributed by atoms with Crippen molar-refractivity contribution in [3.05, 3.63) is 29.8 Å². The zero-order valence-electron chi connectivity index (χ0n) is 12.3. The van der Waals surface area contributed by atoms with Gasteiger partial charge < -0.3 is 10.2 Å². The van der Waals surface area contributed by atoms with Crippen molar-refractivity contribution in [2.24, 2.45) is 5.41 Å². The second kappa shape index (κ2) is 5.96. The summed E-state index contributed by atoms with van der Waals surface area (Å²) in [6.45, 7) is 4.75. The average molecular weight is 285 g/mol. The fourth-order valence-electron chi connectivity index (χ4n) is 2.33. The van der Waals surface area contributed by atoms with Crippen LogP contribution < -0.4 is 5.32 Å². The zero-order chi connectivity index (χ0) is 15.5. The van der Waals surface area contributed by atoms with Crippen molar-refractivity contribution < 1.29 is 9.59 Å². The lowest BCUT2D eigenvalue weighted by Gasteiger charge is -2.28. The van der Waals surface area contributed by atoms with Crippen molar-refractivity contribution in [3.8, 4) is 6.07 Å². The fraction of sp³-hybridized carbons (Fsp3) is 0.438. The number of carbonyl (C=O) groups is 2. The quantitative estimate of drug-likeness (QED) is 0.865. The fourth-order valence-corrected chi connectivity index (χ4v) is 2.33. The third kappa shape index (κ3) is 3.22. The molecule has 2 amide bonds. The summed E-state index contributed by atoms with van der Waals surface area (Å²) < 4.78 is 0. The number of amides is 2. The molecular weight excluding hydrogens is 266 g/mol. The highest BCUT2D eigenvalue weighted by molar-refractivity contribution is 6.09. The van der Waals surface area contributed by atoms with E-state index in [2.05, 4.69) is 5.32 Å². The molecule has 1 aliphatic heterocycles. The van der Waals surface area contributed by atoms with E-state index in [9.17, 15) is 9.59 Å². The van der Waals surface area contributed by atoms with Gasteiger partial charge in [0.15, 0.2) is 0 Å². The lowest BCUT2D eigenvalue weighted by atomic mass is 9.90. The average Bonchev–Trinajstić information content (AvgIpc) is 3.01. The van der Waals surface area contributed by atoms with Crippen LogP contribution in [0.2, 0.25) is 0 Å². The summed E-state index contributed by atoms with van der Waals surface area (Å²) in [6, 6.07) is 8.60. The maximum atomic E-state index is 12.4. The molecule has 1 heterocycles. The minimum absolute atomic E-state index is 0.133. The summed E-state index contributed by atoms with van der Waals surface area (Å²) in [5.74, 6) is -0.463. The van der Waals surface area contributed by atoms with E-state index in [1.54, 1.807) is 43.0 Å². The lowest BCUT2D eigenvalue weighted by molar-refractivity contribution is -0.145. The van der Waals surface area contributed by atoms with Crippen LogP contribution in [0.5, 0.6) is 0 Å². The summed E-state index contributed by atoms with van der Waals surface area (Å²) in [6.07, 6.45) is 2.00. The number of nitrogens with one attached hydrogen (secondary N) is 1. The Morgan fingerprint density at radius 2 is 1.76 bits per heavy atom. The van der Waals surface area contributed by atoms with Gasteiger partial charge in [-0.2, -0.15) is 5.26 Å². The molecule has 0 atom stereocenters. The number of rotatable bonds is 3. The van der Waals surface area contributed by atoms with Crippen LogP contribution in [0.1, 0.15) is 32.3 Å². The van der Waals surface area contributed by atoms with Gasteiger partial charge in [0, 0.05) is 18.8 Å². The van der Waals surface area contributed by atoms with Crippen molar-refractivity contribution in [3.63, 3.8) is 0 Å². The number of likely N-dealkylation sites (tertiary alicyclic amines) is 1. The summed E-state index contributed by atoms with van der Waals surface area (Å²) >= 11 is 0. The highest BCUT2D eigenvalue weighted by Crippen LogP contribution is 2.24. The maximum Gasteiger partial charge on any atom is 0.239 e. The van der Waals surface area contributed by atoms with Crippen LogP contribution in [0.15, 0.2) is 24.3 Å². The Labute approximate surface area is 124 Å². The minimum Gasteiger partial charge on any atom is -0.342 e. The van der Waals surface area contributed by atoms with Crippen molar-refractivity contribution in [1.29, 1.82) is 5.26 Å². The van der Waals surface area contributed by atoms with Crippen LogP contribution >= 0.6 is 0 Å². The summed E-state index contributed by atoms with van der Waals surface area (Å²) in [5.41, 5.74) is 0.0137. The number of hydrogen-bond acceptors (Lipinski definition) is 3. The summed E-state index contributed by atoms with van der Waals surface area (Å²) in [5, 5.41) is 11.5. The van der Waals surface area contributed by atoms with E-state index in [-0.39, 0.29) is 11.8 Å². The third-order valence-electron chi connectivity index (χ3n) is 3.77. The molecule has 0 saturated carbocycles. The van der Waals surface area contributed by atoms with Crippen LogP contribution in [0, 0.1) is 16.7 Å². The molecule has 5 nitrogen and oxygen atoms in total. The number of nitrogens with zero attached hydrogens (tertiary/aromatic N) is 2. The molecule has 1 N–H and O–H groups in total. The number of nitriles is 1. The van der Waals surface area contributed by atoms with Crippen molar-refractivity contribution in [1.82, 2.24) is 4.90 Å². The first kappa shape index (κ1) is 15.0. The predicted molar refractivity (Wildman–Crippen MR) is 79.4 cm³/mol. The van der Waals surface area contributed by atoms with E-state index in [0.717, 1.165) is 25.9 Å². The van der Waals surface area contributed by atoms with E-state index < -0.39 is 5.41 Å². The smallest absolute Gasteiger partial charge is 0.239 e. The molecule has 0 aliphatic carbocycles. The molecule has 1 fully saturated rings. The molecule has 1 aromatic rings. The normalized spacial score (nSPS) is 14.6. The van der Waals surface area contributed by atoms with Crippen LogP contribution in [-0.4, -0.2) is 29.8 Å². The van der Waals surface area contributed by atoms with E-state index in [1.807, 2.05) is 6.07 Å². The second-order valence-corrected chi connectivity index (χ2v) is 5.77. The van der Waals surface area contributed by atoms with Gasteiger partial charge in [-0.15, -0.1) is 0 Å². The molecule has 0 aromatic heterocycles. The second-order valence-electron chi connectivity index (χ2n) is 5.77. The molecular formula is C16H19N3O2. The van der Waals surface area contributed by atoms with Crippen LogP contribution in [0.4, 0.5) is 5.69 Å². The number of anilines is 1. The van der Waals surface area contributed by atoms with Gasteiger partial charge in [0.2, 0.25) is 11.8 Å². The van der Waals surface area contributed by atoms with Crippen LogP contribution in [0.3, 0.4) is 0 Å². The summed E-state index contributed by atoms with van der Waals surface area (Å²) in [7, 11) is 0. The van der Waals surface area contributed by atoms with Gasteiger partial charge in [0.1, 0.15) is 5.41 Å². The van der Waals surface area contributed by atoms with Gasteiger partial charge >= 0.3 is 0 Å². The van der Waals surface area contributed by atoms with E-state index in [0.29, 0.717) is 11.3 Å². The standard InChI is InChI=1S/C16H19N3O2/c1-16(2,15(21)19-9-3-4-10-19)14(20)18-13-7-5-12(11-17)6-8-13/h5-8H,3-4,9-10H2,1-2H3,(H,18,20). The van der Waals surface area contributed by atoms with E-state index >= 15 is 0 Å². The Kier molecular flexibility index (Phi) is 4.27. The van der Waals surface area contributed by atoms with Crippen LogP contribution in [-0.2, 0) is 9.59 Å². The van der Waals surface area contributed by atoms with Gasteiger partial charge in [-0.1, -0.05) is 0 Å². The Hall–Kier alpha value is -2.35. The molecule has 0 spiro atoms. The SMILES string of the molecule is CC(C)(C(=O)Nc1ccc(C#N)cc1)C(=O)N1CCCC1. The highest BCUT2D eigenvalue weighted by atomic mass is 16.2. The van der Waals surface area contributed by atoms with Crippen LogP contribution in [0.25, 0.3) is 0 Å². The molecule has 1 aromatic carbocycles. The van der Waals surface area contributed by atoms with Gasteiger partial charge in [0.05, 0.1) is 11.6 Å². The van der Waals surface area contributed by atoms with Gasteiger partial charge in [-0.3, -0.25) is 9.59 Å². The van der Waals surface area contributed by atoms with Crippen molar-refractivity contribution >= 4 is 17.5 Å². The summed E-state index contributed by atoms with van der Waals surface area (Å²) in [4.78, 5) is 26.5. The Balaban J connectivity index is 2.06. The third-order valence-corrected chi connectivity index (χ3v) is 3.77. The van der Waals surface area contributed by atoms with Gasteiger partial charge in [-0.25, -0.2) is 0 Å². The lowest BCUT2D eigenvalue weighted by Crippen LogP contribution is -2.46. The molecule has 1 saturated heterocycles. The Bertz CT molecular complexity index is 579. The van der Waals surface area contributed by atoms with Gasteiger partial charge in [-0.05, 0) is 51.0 Å². The van der Waals surface area contributed by atoms with E-state index in [4.69, 9.17) is 5.26 Å². The zero-order valence-corrected chi connectivity index (χ0v) is 12.3. The molecule has 1 aliphatic rings. The van der Waals surface area contributed by atoms with Crippen molar-refractivity contribution in [2.45, 2.75) is 26.7 Å². The topological polar surface area (TPSA) is 73.2 Å². The van der Waals surface area contributed by atoms with E-state index in [1.165, 1.54) is 0 Å². The molecule has 0 radical (unpaired) electrons. The van der Waals surface area contributed by atoms with Gasteiger partial charge in [0.25, 0.3) is 0 Å². The first-order valence-corrected chi connectivity index (χ1v) is 7.06. The molecule has 110 valence electrons. The highest BCUT2D eigenvalue weighted by Gasteiger charge is 2.39. The predicted octanol–water partition coefficient (Wildman–Crippen LogP) is 2.15. The largest absolute Gasteiger partial charge is 0.342 e. The molecule has 21 heavy (non-hydrogen) atoms. The number of benzene rings is 1. The minimum atomic E-state index is -1.10. The number of carbonyl (C=O) groups excluding carboxylic acids is 2. The molecule has 5 heteroatoms. The Morgan fingerprint density at radius 1 is 1.19 bits per heavy atom. The Morgan fingerprint density at radius 3 is 2.29 bits per heavy atom. The first-order valence-electron chi connectivity index (χ1n) is 7.06. The monoisotopic (exact) mass is 285 g/mol. The first-order chi connectivity index (χ1) is 9.95. The number of hydrogen-bond donors (Lipinski definition) is 1. The molecule has 0 bridgehead atoms. The maximum absolute atomic E-state index is 12.4. The van der Waals surface area contributed by atoms with Crippen molar-refractivity contribution in [2.75, 3.05) is 18.4 Å².